The average Bonchev–Trinajstić information content (AvgIpc) is 2.01. The van der Waals surface area contributed by atoms with E-state index < -0.39 is 0 Å². The van der Waals surface area contributed by atoms with Crippen LogP contribution in [0.1, 0.15) is 32.6 Å². The van der Waals surface area contributed by atoms with Crippen molar-refractivity contribution in [3.63, 3.8) is 0 Å². The van der Waals surface area contributed by atoms with Gasteiger partial charge in [0.05, 0.1) is 0 Å². The third kappa shape index (κ3) is 3.55. The van der Waals surface area contributed by atoms with Gasteiger partial charge in [-0.3, -0.25) is 10.4 Å². The number of hydrogen-bond acceptors (Lipinski definition) is 2. The molecule has 72 valence electrons. The van der Waals surface area contributed by atoms with Crippen LogP contribution in [0.2, 0.25) is 0 Å². The van der Waals surface area contributed by atoms with Crippen LogP contribution in [0.25, 0.3) is 0 Å². The summed E-state index contributed by atoms with van der Waals surface area (Å²) in [6.07, 6.45) is 5.71. The number of hydrazine groups is 1. The maximum atomic E-state index is 3.37. The molecular formula is C10H22N2. The van der Waals surface area contributed by atoms with Crippen molar-refractivity contribution in [2.75, 3.05) is 20.6 Å². The fraction of sp³-hybridized carbons (Fsp3) is 1.00. The molecular weight excluding hydrogens is 148 g/mol. The van der Waals surface area contributed by atoms with Crippen LogP contribution in [0.15, 0.2) is 0 Å². The zero-order valence-electron chi connectivity index (χ0n) is 8.64. The summed E-state index contributed by atoms with van der Waals surface area (Å²) < 4.78 is 0. The highest BCUT2D eigenvalue weighted by molar-refractivity contribution is 4.71. The van der Waals surface area contributed by atoms with E-state index in [2.05, 4.69) is 31.5 Å². The zero-order valence-corrected chi connectivity index (χ0v) is 8.64. The van der Waals surface area contributed by atoms with E-state index in [9.17, 15) is 0 Å². The SMILES string of the molecule is CC1CCCC(CNN(C)C)C1. The fourth-order valence-electron chi connectivity index (χ4n) is 2.06. The van der Waals surface area contributed by atoms with Crippen molar-refractivity contribution in [3.05, 3.63) is 0 Å². The van der Waals surface area contributed by atoms with Gasteiger partial charge in [-0.05, 0) is 24.7 Å². The van der Waals surface area contributed by atoms with Crippen molar-refractivity contribution < 1.29 is 0 Å². The molecule has 0 aromatic rings. The van der Waals surface area contributed by atoms with Gasteiger partial charge in [-0.15, -0.1) is 0 Å². The molecule has 0 heterocycles. The molecule has 0 amide bonds. The first-order valence-corrected chi connectivity index (χ1v) is 5.09. The highest BCUT2D eigenvalue weighted by atomic mass is 15.5. The van der Waals surface area contributed by atoms with Crippen LogP contribution in [0.3, 0.4) is 0 Å². The molecule has 0 saturated heterocycles. The lowest BCUT2D eigenvalue weighted by molar-refractivity contribution is 0.212. The number of nitrogens with one attached hydrogen (secondary N) is 1. The summed E-state index contributed by atoms with van der Waals surface area (Å²) in [7, 11) is 4.12. The van der Waals surface area contributed by atoms with Crippen molar-refractivity contribution in [2.45, 2.75) is 32.6 Å². The van der Waals surface area contributed by atoms with Gasteiger partial charge in [0, 0.05) is 20.6 Å². The van der Waals surface area contributed by atoms with E-state index in [1.54, 1.807) is 0 Å². The quantitative estimate of drug-likeness (QED) is 0.651. The van der Waals surface area contributed by atoms with Crippen molar-refractivity contribution in [2.24, 2.45) is 11.8 Å². The second-order valence-corrected chi connectivity index (χ2v) is 4.39. The van der Waals surface area contributed by atoms with Gasteiger partial charge < -0.3 is 0 Å². The minimum atomic E-state index is 0.913. The van der Waals surface area contributed by atoms with Gasteiger partial charge >= 0.3 is 0 Å². The molecule has 2 unspecified atom stereocenters. The first-order valence-electron chi connectivity index (χ1n) is 5.09. The van der Waals surface area contributed by atoms with Crippen LogP contribution in [0.5, 0.6) is 0 Å². The van der Waals surface area contributed by atoms with Gasteiger partial charge in [0.2, 0.25) is 0 Å². The van der Waals surface area contributed by atoms with E-state index in [0.29, 0.717) is 0 Å². The Morgan fingerprint density at radius 2 is 2.08 bits per heavy atom. The standard InChI is InChI=1S/C10H22N2/c1-9-5-4-6-10(7-9)8-11-12(2)3/h9-11H,4-8H2,1-3H3. The molecule has 2 nitrogen and oxygen atoms in total. The van der Waals surface area contributed by atoms with Gasteiger partial charge in [-0.2, -0.15) is 0 Å². The highest BCUT2D eigenvalue weighted by Crippen LogP contribution is 2.27. The summed E-state index contributed by atoms with van der Waals surface area (Å²) in [6.45, 7) is 3.54. The van der Waals surface area contributed by atoms with Crippen molar-refractivity contribution in [1.29, 1.82) is 0 Å². The molecule has 2 heteroatoms. The van der Waals surface area contributed by atoms with E-state index in [4.69, 9.17) is 0 Å². The van der Waals surface area contributed by atoms with Crippen molar-refractivity contribution in [3.8, 4) is 0 Å². The average molecular weight is 170 g/mol. The second-order valence-electron chi connectivity index (χ2n) is 4.39. The Balaban J connectivity index is 2.14. The second kappa shape index (κ2) is 4.83. The monoisotopic (exact) mass is 170 g/mol. The first-order chi connectivity index (χ1) is 5.68. The molecule has 0 spiro atoms. The molecule has 0 radical (unpaired) electrons. The van der Waals surface area contributed by atoms with Gasteiger partial charge in [0.15, 0.2) is 0 Å². The van der Waals surface area contributed by atoms with E-state index in [-0.39, 0.29) is 0 Å². The van der Waals surface area contributed by atoms with E-state index in [1.807, 2.05) is 0 Å². The van der Waals surface area contributed by atoms with Crippen molar-refractivity contribution >= 4 is 0 Å². The van der Waals surface area contributed by atoms with Crippen LogP contribution in [0.4, 0.5) is 0 Å². The molecule has 0 aliphatic heterocycles. The van der Waals surface area contributed by atoms with Gasteiger partial charge in [-0.25, -0.2) is 0 Å². The fourth-order valence-corrected chi connectivity index (χ4v) is 2.06. The van der Waals surface area contributed by atoms with E-state index in [0.717, 1.165) is 18.4 Å². The maximum absolute atomic E-state index is 3.37. The van der Waals surface area contributed by atoms with E-state index in [1.165, 1.54) is 25.7 Å². The lowest BCUT2D eigenvalue weighted by atomic mass is 9.82. The number of nitrogens with zero attached hydrogens (tertiary/aromatic N) is 1. The Morgan fingerprint density at radius 1 is 1.33 bits per heavy atom. The largest absolute Gasteiger partial charge is 0.255 e. The summed E-state index contributed by atoms with van der Waals surface area (Å²) in [4.78, 5) is 0. The summed E-state index contributed by atoms with van der Waals surface area (Å²) in [5.74, 6) is 1.86. The molecule has 0 bridgehead atoms. The van der Waals surface area contributed by atoms with Crippen LogP contribution in [0, 0.1) is 11.8 Å². The van der Waals surface area contributed by atoms with Crippen LogP contribution in [-0.4, -0.2) is 25.6 Å². The summed E-state index contributed by atoms with van der Waals surface area (Å²) in [5, 5.41) is 2.05. The molecule has 1 aliphatic carbocycles. The van der Waals surface area contributed by atoms with Crippen LogP contribution < -0.4 is 5.43 Å². The zero-order chi connectivity index (χ0) is 8.97. The van der Waals surface area contributed by atoms with Crippen molar-refractivity contribution in [1.82, 2.24) is 10.4 Å². The Morgan fingerprint density at radius 3 is 2.67 bits per heavy atom. The van der Waals surface area contributed by atoms with E-state index >= 15 is 0 Å². The van der Waals surface area contributed by atoms with Gasteiger partial charge in [-0.1, -0.05) is 19.8 Å². The number of hydrogen-bond donors (Lipinski definition) is 1. The summed E-state index contributed by atoms with van der Waals surface area (Å²) in [5.41, 5.74) is 3.37. The molecule has 1 N–H and O–H groups in total. The molecule has 12 heavy (non-hydrogen) atoms. The van der Waals surface area contributed by atoms with Gasteiger partial charge in [0.1, 0.15) is 0 Å². The molecule has 0 aromatic heterocycles. The summed E-state index contributed by atoms with van der Waals surface area (Å²) >= 11 is 0. The summed E-state index contributed by atoms with van der Waals surface area (Å²) in [6, 6.07) is 0. The predicted octanol–water partition coefficient (Wildman–Crippen LogP) is 1.88. The van der Waals surface area contributed by atoms with Crippen LogP contribution >= 0.6 is 0 Å². The third-order valence-corrected chi connectivity index (χ3v) is 2.74. The highest BCUT2D eigenvalue weighted by Gasteiger charge is 2.18. The lowest BCUT2D eigenvalue weighted by Gasteiger charge is -2.27. The smallest absolute Gasteiger partial charge is 0.0130 e. The molecule has 0 aromatic carbocycles. The number of rotatable bonds is 3. The van der Waals surface area contributed by atoms with Gasteiger partial charge in [0.25, 0.3) is 0 Å². The topological polar surface area (TPSA) is 15.3 Å². The Bertz CT molecular complexity index is 123. The Hall–Kier alpha value is -0.0800. The molecule has 1 rings (SSSR count). The molecule has 1 fully saturated rings. The Kier molecular flexibility index (Phi) is 4.02. The lowest BCUT2D eigenvalue weighted by Crippen LogP contribution is -2.36. The predicted molar refractivity (Wildman–Crippen MR) is 52.8 cm³/mol. The van der Waals surface area contributed by atoms with Crippen LogP contribution in [-0.2, 0) is 0 Å². The third-order valence-electron chi connectivity index (χ3n) is 2.74. The molecule has 1 saturated carbocycles. The Labute approximate surface area is 76.3 Å². The normalized spacial score (nSPS) is 31.0. The molecule has 1 aliphatic rings. The molecule has 2 atom stereocenters. The first kappa shape index (κ1) is 10.0. The maximum Gasteiger partial charge on any atom is 0.0130 e. The minimum Gasteiger partial charge on any atom is -0.255 e. The minimum absolute atomic E-state index is 0.913.